The Bertz CT molecular complexity index is 844. The molecule has 1 N–H and O–H groups in total. The second-order valence-corrected chi connectivity index (χ2v) is 9.78. The maximum Gasteiger partial charge on any atom is 0.415 e. The minimum Gasteiger partial charge on any atom is -0.442 e. The molecule has 4 aliphatic rings. The summed E-state index contributed by atoms with van der Waals surface area (Å²) < 4.78 is 17.3. The molecule has 7 nitrogen and oxygen atoms in total. The number of hydrogen-bond acceptors (Lipinski definition) is 5. The number of carbonyl (C=O) groups is 2. The highest BCUT2D eigenvalue weighted by Crippen LogP contribution is 2.42. The van der Waals surface area contributed by atoms with Crippen molar-refractivity contribution in [2.45, 2.75) is 31.9 Å². The van der Waals surface area contributed by atoms with Crippen LogP contribution in [0.5, 0.6) is 0 Å². The van der Waals surface area contributed by atoms with Crippen LogP contribution in [0, 0.1) is 11.8 Å². The molecule has 0 spiro atoms. The van der Waals surface area contributed by atoms with Gasteiger partial charge in [-0.2, -0.15) is 0 Å². The predicted octanol–water partition coefficient (Wildman–Crippen LogP) is 1.28. The molecule has 4 heterocycles. The van der Waals surface area contributed by atoms with E-state index in [1.807, 2.05) is 6.07 Å². The molecule has 0 aromatic heterocycles. The summed E-state index contributed by atoms with van der Waals surface area (Å²) in [4.78, 5) is 28.1. The van der Waals surface area contributed by atoms with Crippen molar-refractivity contribution in [1.82, 2.24) is 5.32 Å². The highest BCUT2D eigenvalue weighted by Gasteiger charge is 2.48. The van der Waals surface area contributed by atoms with Gasteiger partial charge in [0.05, 0.1) is 18.3 Å². The SMILES string of the molecule is CCC(=O)NC[C@@H]1OC(=O)N2c3ccc(N4CC5CS(=O)CC5C4)cc3C[C@@H]12. The molecular weight excluding hydrogens is 378 g/mol. The Morgan fingerprint density at radius 1 is 1.29 bits per heavy atom. The average molecular weight is 404 g/mol. The van der Waals surface area contributed by atoms with Gasteiger partial charge in [0.2, 0.25) is 5.91 Å². The van der Waals surface area contributed by atoms with Gasteiger partial charge in [0.15, 0.2) is 0 Å². The number of nitrogens with zero attached hydrogens (tertiary/aromatic N) is 2. The Hall–Kier alpha value is -2.09. The van der Waals surface area contributed by atoms with Crippen LogP contribution in [0.25, 0.3) is 0 Å². The number of cyclic esters (lactones) is 1. The first kappa shape index (κ1) is 18.0. The van der Waals surface area contributed by atoms with Crippen molar-refractivity contribution in [3.05, 3.63) is 23.8 Å². The van der Waals surface area contributed by atoms with Gasteiger partial charge in [0, 0.05) is 47.5 Å². The second kappa shape index (κ2) is 6.76. The van der Waals surface area contributed by atoms with E-state index in [9.17, 15) is 13.8 Å². The van der Waals surface area contributed by atoms with Gasteiger partial charge in [0.1, 0.15) is 6.10 Å². The molecular formula is C20H25N3O4S. The summed E-state index contributed by atoms with van der Waals surface area (Å²) in [6, 6.07) is 6.24. The average Bonchev–Trinajstić information content (AvgIpc) is 3.39. The van der Waals surface area contributed by atoms with Crippen molar-refractivity contribution >= 4 is 34.2 Å². The minimum atomic E-state index is -0.635. The summed E-state index contributed by atoms with van der Waals surface area (Å²) in [6.07, 6.45) is 0.515. The first-order valence-electron chi connectivity index (χ1n) is 10.0. The third-order valence-electron chi connectivity index (χ3n) is 6.52. The van der Waals surface area contributed by atoms with Crippen molar-refractivity contribution in [2.24, 2.45) is 11.8 Å². The molecule has 0 radical (unpaired) electrons. The zero-order chi connectivity index (χ0) is 19.4. The molecule has 0 saturated carbocycles. The van der Waals surface area contributed by atoms with Crippen LogP contribution in [0.4, 0.5) is 16.2 Å². The number of anilines is 2. The highest BCUT2D eigenvalue weighted by molar-refractivity contribution is 7.85. The lowest BCUT2D eigenvalue weighted by molar-refractivity contribution is -0.121. The summed E-state index contributed by atoms with van der Waals surface area (Å²) >= 11 is 0. The number of hydrogen-bond donors (Lipinski definition) is 1. The van der Waals surface area contributed by atoms with Gasteiger partial charge in [-0.25, -0.2) is 4.79 Å². The quantitative estimate of drug-likeness (QED) is 0.819. The van der Waals surface area contributed by atoms with E-state index in [0.717, 1.165) is 42.3 Å². The Balaban J connectivity index is 1.32. The largest absolute Gasteiger partial charge is 0.442 e. The number of amides is 2. The van der Waals surface area contributed by atoms with Crippen molar-refractivity contribution < 1.29 is 18.5 Å². The van der Waals surface area contributed by atoms with Crippen LogP contribution >= 0.6 is 0 Å². The standard InChI is InChI=1S/C20H25N3O4S/c1-2-19(24)21-7-18-17-6-12-5-15(3-4-16(12)23(17)20(25)27-18)22-8-13-10-28(26)11-14(13)9-22/h3-5,13-14,17-18H,2,6-11H2,1H3,(H,21,24)/t13?,14?,17-,18-,28?/m0/s1. The Morgan fingerprint density at radius 2 is 2.04 bits per heavy atom. The molecule has 0 aliphatic carbocycles. The molecule has 4 aliphatic heterocycles. The number of rotatable bonds is 4. The van der Waals surface area contributed by atoms with Crippen molar-refractivity contribution in [1.29, 1.82) is 0 Å². The van der Waals surface area contributed by atoms with E-state index < -0.39 is 10.8 Å². The summed E-state index contributed by atoms with van der Waals surface area (Å²) in [5, 5.41) is 2.84. The number of fused-ring (bicyclic) bond motifs is 4. The third-order valence-corrected chi connectivity index (χ3v) is 8.12. The lowest BCUT2D eigenvalue weighted by Crippen LogP contribution is -2.40. The zero-order valence-electron chi connectivity index (χ0n) is 15.9. The summed E-state index contributed by atoms with van der Waals surface area (Å²) in [7, 11) is -0.635. The first-order chi connectivity index (χ1) is 13.5. The van der Waals surface area contributed by atoms with Gasteiger partial charge in [-0.05, 0) is 42.0 Å². The van der Waals surface area contributed by atoms with E-state index in [-0.39, 0.29) is 24.1 Å². The van der Waals surface area contributed by atoms with Crippen LogP contribution in [0.1, 0.15) is 18.9 Å². The highest BCUT2D eigenvalue weighted by atomic mass is 32.2. The monoisotopic (exact) mass is 403 g/mol. The Labute approximate surface area is 166 Å². The van der Waals surface area contributed by atoms with E-state index in [1.54, 1.807) is 11.8 Å². The van der Waals surface area contributed by atoms with Crippen LogP contribution in [-0.4, -0.2) is 59.5 Å². The maximum absolute atomic E-state index is 12.4. The number of ether oxygens (including phenoxy) is 1. The molecule has 1 aromatic rings. The van der Waals surface area contributed by atoms with E-state index in [0.29, 0.717) is 24.8 Å². The van der Waals surface area contributed by atoms with Crippen molar-refractivity contribution in [2.75, 3.05) is 40.9 Å². The van der Waals surface area contributed by atoms with E-state index in [1.165, 1.54) is 5.69 Å². The fraction of sp³-hybridized carbons (Fsp3) is 0.600. The molecule has 1 aromatic carbocycles. The maximum atomic E-state index is 12.4. The van der Waals surface area contributed by atoms with Gasteiger partial charge < -0.3 is 15.0 Å². The van der Waals surface area contributed by atoms with Crippen LogP contribution in [0.3, 0.4) is 0 Å². The number of carbonyl (C=O) groups excluding carboxylic acids is 2. The molecule has 2 amide bonds. The van der Waals surface area contributed by atoms with Crippen LogP contribution in [-0.2, 0) is 26.8 Å². The van der Waals surface area contributed by atoms with E-state index in [4.69, 9.17) is 4.74 Å². The smallest absolute Gasteiger partial charge is 0.415 e. The third kappa shape index (κ3) is 2.89. The fourth-order valence-electron chi connectivity index (χ4n) is 5.05. The van der Waals surface area contributed by atoms with Crippen LogP contribution in [0.2, 0.25) is 0 Å². The van der Waals surface area contributed by atoms with Crippen molar-refractivity contribution in [3.63, 3.8) is 0 Å². The zero-order valence-corrected chi connectivity index (χ0v) is 16.7. The molecule has 150 valence electrons. The van der Waals surface area contributed by atoms with Crippen molar-refractivity contribution in [3.8, 4) is 0 Å². The van der Waals surface area contributed by atoms with Crippen LogP contribution < -0.4 is 15.1 Å². The predicted molar refractivity (Wildman–Crippen MR) is 107 cm³/mol. The van der Waals surface area contributed by atoms with Gasteiger partial charge in [-0.1, -0.05) is 6.92 Å². The number of benzene rings is 1. The summed E-state index contributed by atoms with van der Waals surface area (Å²) in [5.74, 6) is 2.71. The molecule has 8 heteroatoms. The molecule has 3 fully saturated rings. The molecule has 28 heavy (non-hydrogen) atoms. The molecule has 2 unspecified atom stereocenters. The molecule has 3 saturated heterocycles. The van der Waals surface area contributed by atoms with Gasteiger partial charge >= 0.3 is 6.09 Å². The minimum absolute atomic E-state index is 0.0344. The van der Waals surface area contributed by atoms with E-state index in [2.05, 4.69) is 22.3 Å². The Kier molecular flexibility index (Phi) is 4.34. The first-order valence-corrected chi connectivity index (χ1v) is 11.5. The van der Waals surface area contributed by atoms with Gasteiger partial charge in [-0.3, -0.25) is 13.9 Å². The number of nitrogens with one attached hydrogen (secondary N) is 1. The lowest BCUT2D eigenvalue weighted by Gasteiger charge is -2.21. The normalized spacial score (nSPS) is 32.9. The van der Waals surface area contributed by atoms with Crippen LogP contribution in [0.15, 0.2) is 18.2 Å². The summed E-state index contributed by atoms with van der Waals surface area (Å²) in [5.41, 5.74) is 3.26. The molecule has 5 rings (SSSR count). The molecule has 0 bridgehead atoms. The van der Waals surface area contributed by atoms with Gasteiger partial charge in [0.25, 0.3) is 0 Å². The fourth-order valence-corrected chi connectivity index (χ4v) is 6.89. The lowest BCUT2D eigenvalue weighted by atomic mass is 10.0. The topological polar surface area (TPSA) is 79.0 Å². The Morgan fingerprint density at radius 3 is 2.75 bits per heavy atom. The van der Waals surface area contributed by atoms with E-state index >= 15 is 0 Å². The van der Waals surface area contributed by atoms with Gasteiger partial charge in [-0.15, -0.1) is 0 Å². The molecule has 4 atom stereocenters. The summed E-state index contributed by atoms with van der Waals surface area (Å²) in [6.45, 7) is 4.10. The second-order valence-electron chi connectivity index (χ2n) is 8.23.